The van der Waals surface area contributed by atoms with Gasteiger partial charge in [-0.2, -0.15) is 0 Å². The molecular weight excluding hydrogens is 372 g/mol. The van der Waals surface area contributed by atoms with Gasteiger partial charge in [0.25, 0.3) is 0 Å². The topological polar surface area (TPSA) is 43.4 Å². The Balaban J connectivity index is 1.53. The lowest BCUT2D eigenvalue weighted by Gasteiger charge is -2.62. The van der Waals surface area contributed by atoms with E-state index < -0.39 is 0 Å². The number of ether oxygens (including phenoxy) is 1. The Labute approximate surface area is 175 Å². The summed E-state index contributed by atoms with van der Waals surface area (Å²) >= 11 is 5.69. The Bertz CT molecular complexity index is 662. The SMILES string of the molecule is CC(=O)[C@H]1CC[C@H]2C3CC[C@H]4C[C@](C)(OC(=O)CCl)CC[C@]4(C)[C@H]3CC[C@]12C. The van der Waals surface area contributed by atoms with Gasteiger partial charge in [-0.25, -0.2) is 0 Å². The fourth-order valence-corrected chi connectivity index (χ4v) is 8.53. The minimum absolute atomic E-state index is 0.0558. The molecule has 0 aromatic carbocycles. The summed E-state index contributed by atoms with van der Waals surface area (Å²) < 4.78 is 5.78. The molecule has 4 heteroatoms. The van der Waals surface area contributed by atoms with Crippen LogP contribution in [0.2, 0.25) is 0 Å². The number of hydrogen-bond acceptors (Lipinski definition) is 3. The van der Waals surface area contributed by atoms with Crippen molar-refractivity contribution in [3.8, 4) is 0 Å². The molecule has 4 rings (SSSR count). The van der Waals surface area contributed by atoms with Crippen LogP contribution in [0.4, 0.5) is 0 Å². The molecule has 0 aromatic rings. The monoisotopic (exact) mass is 408 g/mol. The van der Waals surface area contributed by atoms with Gasteiger partial charge in [0.2, 0.25) is 0 Å². The molecule has 1 unspecified atom stereocenters. The molecule has 4 aliphatic carbocycles. The van der Waals surface area contributed by atoms with Gasteiger partial charge in [-0.1, -0.05) is 13.8 Å². The summed E-state index contributed by atoms with van der Waals surface area (Å²) in [7, 11) is 0. The van der Waals surface area contributed by atoms with E-state index >= 15 is 0 Å². The highest BCUT2D eigenvalue weighted by Crippen LogP contribution is 2.68. The minimum Gasteiger partial charge on any atom is -0.458 e. The first-order chi connectivity index (χ1) is 13.1. The summed E-state index contributed by atoms with van der Waals surface area (Å²) in [5, 5.41) is 0. The first-order valence-electron chi connectivity index (χ1n) is 11.4. The van der Waals surface area contributed by atoms with Crippen molar-refractivity contribution in [1.82, 2.24) is 0 Å². The fourth-order valence-electron chi connectivity index (χ4n) is 8.48. The first-order valence-corrected chi connectivity index (χ1v) is 11.9. The number of halogens is 1. The highest BCUT2D eigenvalue weighted by molar-refractivity contribution is 6.26. The van der Waals surface area contributed by atoms with E-state index in [1.165, 1.54) is 32.1 Å². The number of Topliss-reactive ketones (excluding diaryl/α,β-unsaturated/α-hetero) is 1. The predicted molar refractivity (Wildman–Crippen MR) is 111 cm³/mol. The van der Waals surface area contributed by atoms with Crippen LogP contribution in [0.1, 0.15) is 85.5 Å². The summed E-state index contributed by atoms with van der Waals surface area (Å²) in [6.07, 6.45) is 10.4. The summed E-state index contributed by atoms with van der Waals surface area (Å²) in [5.41, 5.74) is 0.236. The number of alkyl halides is 1. The molecule has 4 fully saturated rings. The van der Waals surface area contributed by atoms with Crippen molar-refractivity contribution in [2.45, 2.75) is 91.1 Å². The van der Waals surface area contributed by atoms with Gasteiger partial charge in [-0.05, 0) is 106 Å². The van der Waals surface area contributed by atoms with Crippen LogP contribution in [0.5, 0.6) is 0 Å². The molecule has 8 atom stereocenters. The van der Waals surface area contributed by atoms with Gasteiger partial charge in [-0.3, -0.25) is 9.59 Å². The third-order valence-corrected chi connectivity index (χ3v) is 10.1. The Hall–Kier alpha value is -0.570. The van der Waals surface area contributed by atoms with Crippen molar-refractivity contribution in [2.24, 2.45) is 40.4 Å². The number of carbonyl (C=O) groups is 2. The molecule has 0 aliphatic heterocycles. The Morgan fingerprint density at radius 1 is 0.929 bits per heavy atom. The number of rotatable bonds is 3. The number of esters is 1. The van der Waals surface area contributed by atoms with Crippen LogP contribution in [0.25, 0.3) is 0 Å². The second-order valence-corrected chi connectivity index (χ2v) is 11.5. The van der Waals surface area contributed by atoms with E-state index in [0.717, 1.165) is 43.4 Å². The third kappa shape index (κ3) is 3.06. The number of fused-ring (bicyclic) bond motifs is 5. The summed E-state index contributed by atoms with van der Waals surface area (Å²) in [6.45, 7) is 8.87. The minimum atomic E-state index is -0.348. The van der Waals surface area contributed by atoms with E-state index in [1.807, 2.05) is 6.92 Å². The molecule has 158 valence electrons. The van der Waals surface area contributed by atoms with E-state index in [2.05, 4.69) is 20.8 Å². The lowest BCUT2D eigenvalue weighted by Crippen LogP contribution is -2.56. The summed E-state index contributed by atoms with van der Waals surface area (Å²) in [5.74, 6) is 3.26. The van der Waals surface area contributed by atoms with Crippen molar-refractivity contribution in [3.05, 3.63) is 0 Å². The van der Waals surface area contributed by atoms with Crippen LogP contribution < -0.4 is 0 Å². The number of ketones is 1. The van der Waals surface area contributed by atoms with Crippen LogP contribution in [0.15, 0.2) is 0 Å². The molecule has 0 spiro atoms. The zero-order valence-corrected chi connectivity index (χ0v) is 18.8. The lowest BCUT2D eigenvalue weighted by molar-refractivity contribution is -0.178. The lowest BCUT2D eigenvalue weighted by atomic mass is 9.44. The maximum absolute atomic E-state index is 12.3. The van der Waals surface area contributed by atoms with Gasteiger partial charge < -0.3 is 4.74 Å². The van der Waals surface area contributed by atoms with E-state index in [1.54, 1.807) is 0 Å². The fraction of sp³-hybridized carbons (Fsp3) is 0.917. The molecule has 0 radical (unpaired) electrons. The van der Waals surface area contributed by atoms with Gasteiger partial charge in [0.1, 0.15) is 17.3 Å². The molecule has 0 aromatic heterocycles. The zero-order valence-electron chi connectivity index (χ0n) is 18.1. The van der Waals surface area contributed by atoms with E-state index in [4.69, 9.17) is 16.3 Å². The van der Waals surface area contributed by atoms with E-state index in [-0.39, 0.29) is 28.8 Å². The highest BCUT2D eigenvalue weighted by Gasteiger charge is 2.61. The molecule has 4 saturated carbocycles. The smallest absolute Gasteiger partial charge is 0.321 e. The van der Waals surface area contributed by atoms with Crippen LogP contribution in [-0.4, -0.2) is 23.2 Å². The molecule has 0 heterocycles. The Morgan fingerprint density at radius 3 is 2.32 bits per heavy atom. The van der Waals surface area contributed by atoms with E-state index in [9.17, 15) is 9.59 Å². The second-order valence-electron chi connectivity index (χ2n) is 11.2. The molecule has 0 N–H and O–H groups in total. The predicted octanol–water partition coefficient (Wildman–Crippen LogP) is 5.78. The van der Waals surface area contributed by atoms with Crippen LogP contribution in [0, 0.1) is 40.4 Å². The second kappa shape index (κ2) is 7.00. The van der Waals surface area contributed by atoms with Gasteiger partial charge >= 0.3 is 5.97 Å². The zero-order chi connectivity index (χ0) is 20.3. The first kappa shape index (κ1) is 20.7. The molecular formula is C24H37ClO3. The molecule has 4 aliphatic rings. The van der Waals surface area contributed by atoms with Gasteiger partial charge in [0.05, 0.1) is 0 Å². The van der Waals surface area contributed by atoms with Gasteiger partial charge in [0, 0.05) is 5.92 Å². The molecule has 0 saturated heterocycles. The van der Waals surface area contributed by atoms with Crippen molar-refractivity contribution < 1.29 is 14.3 Å². The van der Waals surface area contributed by atoms with Gasteiger partial charge in [-0.15, -0.1) is 11.6 Å². The standard InChI is InChI=1S/C24H37ClO3/c1-15(26)18-7-8-19-17-6-5-16-13-22(2,28-21(27)14-25)11-12-23(16,3)20(17)9-10-24(18,19)4/h16-20H,5-14H2,1-4H3/t16-,17?,18+,19-,20-,22+,23-,24+/m0/s1. The Kier molecular flexibility index (Phi) is 5.17. The van der Waals surface area contributed by atoms with E-state index in [0.29, 0.717) is 17.1 Å². The van der Waals surface area contributed by atoms with Crippen molar-refractivity contribution in [2.75, 3.05) is 5.88 Å². The molecule has 3 nitrogen and oxygen atoms in total. The normalized spacial score (nSPS) is 50.2. The van der Waals surface area contributed by atoms with Crippen LogP contribution in [-0.2, 0) is 14.3 Å². The number of carbonyl (C=O) groups excluding carboxylic acids is 2. The Morgan fingerprint density at radius 2 is 1.64 bits per heavy atom. The third-order valence-electron chi connectivity index (χ3n) is 9.90. The average molecular weight is 409 g/mol. The summed E-state index contributed by atoms with van der Waals surface area (Å²) in [6, 6.07) is 0. The highest BCUT2D eigenvalue weighted by atomic mass is 35.5. The van der Waals surface area contributed by atoms with Gasteiger partial charge in [0.15, 0.2) is 0 Å². The van der Waals surface area contributed by atoms with Crippen molar-refractivity contribution >= 4 is 23.4 Å². The molecule has 28 heavy (non-hydrogen) atoms. The maximum atomic E-state index is 12.3. The van der Waals surface area contributed by atoms with Crippen molar-refractivity contribution in [3.63, 3.8) is 0 Å². The van der Waals surface area contributed by atoms with Crippen LogP contribution in [0.3, 0.4) is 0 Å². The van der Waals surface area contributed by atoms with Crippen LogP contribution >= 0.6 is 11.6 Å². The average Bonchev–Trinajstić information content (AvgIpc) is 2.99. The quantitative estimate of drug-likeness (QED) is 0.439. The largest absolute Gasteiger partial charge is 0.458 e. The maximum Gasteiger partial charge on any atom is 0.321 e. The molecule has 0 amide bonds. The molecule has 0 bridgehead atoms. The number of hydrogen-bond donors (Lipinski definition) is 0. The summed E-state index contributed by atoms with van der Waals surface area (Å²) in [4.78, 5) is 24.1. The van der Waals surface area contributed by atoms with Crippen molar-refractivity contribution in [1.29, 1.82) is 0 Å².